The molecular formula is C19H30FN3O4S2. The van der Waals surface area contributed by atoms with Crippen LogP contribution in [-0.4, -0.2) is 75.7 Å². The van der Waals surface area contributed by atoms with Crippen LogP contribution >= 0.6 is 11.8 Å². The van der Waals surface area contributed by atoms with Crippen LogP contribution in [0.1, 0.15) is 20.3 Å². The predicted molar refractivity (Wildman–Crippen MR) is 113 cm³/mol. The van der Waals surface area contributed by atoms with Gasteiger partial charge in [-0.25, -0.2) is 12.8 Å². The number of sulfonamides is 1. The minimum atomic E-state index is -4.16. The van der Waals surface area contributed by atoms with E-state index in [1.54, 1.807) is 0 Å². The van der Waals surface area contributed by atoms with Crippen molar-refractivity contribution in [3.8, 4) is 0 Å². The van der Waals surface area contributed by atoms with E-state index < -0.39 is 32.7 Å². The molecule has 1 aromatic rings. The summed E-state index contributed by atoms with van der Waals surface area (Å²) in [4.78, 5) is 14.6. The summed E-state index contributed by atoms with van der Waals surface area (Å²) in [5, 5.41) is 2.87. The molecule has 10 heteroatoms. The average molecular weight is 448 g/mol. The van der Waals surface area contributed by atoms with Crippen LogP contribution in [0.15, 0.2) is 29.2 Å². The minimum absolute atomic E-state index is 0.298. The molecule has 1 heterocycles. The largest absolute Gasteiger partial charge is 0.379 e. The Bertz CT molecular complexity index is 783. The van der Waals surface area contributed by atoms with E-state index in [4.69, 9.17) is 4.74 Å². The lowest BCUT2D eigenvalue weighted by molar-refractivity contribution is -0.123. The second-order valence-electron chi connectivity index (χ2n) is 7.52. The van der Waals surface area contributed by atoms with Gasteiger partial charge < -0.3 is 10.1 Å². The number of halogens is 1. The number of amides is 1. The first-order valence-electron chi connectivity index (χ1n) is 9.54. The van der Waals surface area contributed by atoms with E-state index in [9.17, 15) is 17.6 Å². The molecule has 2 rings (SSSR count). The minimum Gasteiger partial charge on any atom is -0.379 e. The zero-order chi connectivity index (χ0) is 21.5. The number of carbonyl (C=O) groups is 1. The van der Waals surface area contributed by atoms with Crippen molar-refractivity contribution in [3.63, 3.8) is 0 Å². The number of carbonyl (C=O) groups excluding carboxylic acids is 1. The molecule has 1 saturated heterocycles. The number of nitrogens with one attached hydrogen (secondary N) is 2. The van der Waals surface area contributed by atoms with Gasteiger partial charge in [-0.2, -0.15) is 16.5 Å². The molecule has 2 N–H and O–H groups in total. The highest BCUT2D eigenvalue weighted by Crippen LogP contribution is 2.17. The summed E-state index contributed by atoms with van der Waals surface area (Å²) < 4.78 is 46.9. The van der Waals surface area contributed by atoms with Gasteiger partial charge in [0, 0.05) is 25.2 Å². The molecule has 1 atom stereocenters. The number of rotatable bonds is 10. The van der Waals surface area contributed by atoms with Crippen molar-refractivity contribution in [3.05, 3.63) is 30.1 Å². The Labute approximate surface area is 176 Å². The molecule has 0 bridgehead atoms. The summed E-state index contributed by atoms with van der Waals surface area (Å²) in [5.41, 5.74) is -0.298. The Hall–Kier alpha value is -1.20. The number of benzene rings is 1. The zero-order valence-electron chi connectivity index (χ0n) is 17.1. The maximum atomic E-state index is 14.0. The van der Waals surface area contributed by atoms with Crippen LogP contribution in [0.2, 0.25) is 0 Å². The first-order valence-corrected chi connectivity index (χ1v) is 12.4. The zero-order valence-corrected chi connectivity index (χ0v) is 18.7. The molecular weight excluding hydrogens is 417 g/mol. The summed E-state index contributed by atoms with van der Waals surface area (Å²) in [6, 6.07) is 4.14. The second kappa shape index (κ2) is 10.7. The summed E-state index contributed by atoms with van der Waals surface area (Å²) in [5.74, 6) is -0.678. The van der Waals surface area contributed by atoms with Gasteiger partial charge in [-0.05, 0) is 44.4 Å². The number of hydrogen-bond acceptors (Lipinski definition) is 6. The van der Waals surface area contributed by atoms with Gasteiger partial charge in [0.25, 0.3) is 0 Å². The fourth-order valence-electron chi connectivity index (χ4n) is 3.10. The Balaban J connectivity index is 2.06. The first kappa shape index (κ1) is 24.1. The molecule has 0 saturated carbocycles. The molecule has 0 aliphatic carbocycles. The van der Waals surface area contributed by atoms with Crippen molar-refractivity contribution in [2.24, 2.45) is 0 Å². The number of morpholine rings is 1. The molecule has 1 fully saturated rings. The van der Waals surface area contributed by atoms with E-state index in [0.717, 1.165) is 19.2 Å². The highest BCUT2D eigenvalue weighted by atomic mass is 32.2. The lowest BCUT2D eigenvalue weighted by Crippen LogP contribution is -2.57. The smallest absolute Gasteiger partial charge is 0.244 e. The van der Waals surface area contributed by atoms with Crippen LogP contribution < -0.4 is 10.0 Å². The average Bonchev–Trinajstić information content (AvgIpc) is 2.70. The van der Waals surface area contributed by atoms with E-state index in [1.807, 2.05) is 20.1 Å². The molecule has 1 unspecified atom stereocenters. The summed E-state index contributed by atoms with van der Waals surface area (Å²) in [6.45, 7) is 7.27. The number of thioether (sulfide) groups is 1. The van der Waals surface area contributed by atoms with Crippen LogP contribution in [0.4, 0.5) is 4.39 Å². The molecule has 1 aliphatic rings. The van der Waals surface area contributed by atoms with Crippen LogP contribution in [-0.2, 0) is 19.6 Å². The van der Waals surface area contributed by atoms with Gasteiger partial charge in [0.15, 0.2) is 0 Å². The van der Waals surface area contributed by atoms with Crippen LogP contribution in [0.5, 0.6) is 0 Å². The van der Waals surface area contributed by atoms with Gasteiger partial charge in [-0.1, -0.05) is 12.1 Å². The third-order valence-electron chi connectivity index (χ3n) is 4.91. The van der Waals surface area contributed by atoms with Gasteiger partial charge in [0.2, 0.25) is 15.9 Å². The third-order valence-corrected chi connectivity index (χ3v) is 7.06. The van der Waals surface area contributed by atoms with Crippen LogP contribution in [0.3, 0.4) is 0 Å². The quantitative estimate of drug-likeness (QED) is 0.565. The van der Waals surface area contributed by atoms with E-state index >= 15 is 0 Å². The lowest BCUT2D eigenvalue weighted by Gasteiger charge is -2.41. The van der Waals surface area contributed by atoms with Crippen LogP contribution in [0, 0.1) is 5.82 Å². The monoisotopic (exact) mass is 447 g/mol. The molecule has 164 valence electrons. The maximum Gasteiger partial charge on any atom is 0.244 e. The van der Waals surface area contributed by atoms with Crippen molar-refractivity contribution < 1.29 is 22.3 Å². The van der Waals surface area contributed by atoms with E-state index in [2.05, 4.69) is 14.9 Å². The van der Waals surface area contributed by atoms with Gasteiger partial charge in [0.05, 0.1) is 13.2 Å². The maximum absolute atomic E-state index is 14.0. The number of hydrogen-bond donors (Lipinski definition) is 2. The van der Waals surface area contributed by atoms with Gasteiger partial charge in [-0.15, -0.1) is 0 Å². The predicted octanol–water partition coefficient (Wildman–Crippen LogP) is 1.45. The molecule has 29 heavy (non-hydrogen) atoms. The van der Waals surface area contributed by atoms with Crippen molar-refractivity contribution in [1.82, 2.24) is 14.9 Å². The normalized spacial score (nSPS) is 17.1. The van der Waals surface area contributed by atoms with E-state index in [1.165, 1.54) is 30.0 Å². The Morgan fingerprint density at radius 2 is 1.97 bits per heavy atom. The Kier molecular flexibility index (Phi) is 8.90. The molecule has 1 aliphatic heterocycles. The molecule has 0 aromatic heterocycles. The lowest BCUT2D eigenvalue weighted by atomic mass is 10.0. The third kappa shape index (κ3) is 6.92. The Morgan fingerprint density at radius 3 is 2.59 bits per heavy atom. The fraction of sp³-hybridized carbons (Fsp3) is 0.632. The summed E-state index contributed by atoms with van der Waals surface area (Å²) in [6.07, 6.45) is 2.18. The topological polar surface area (TPSA) is 87.7 Å². The van der Waals surface area contributed by atoms with Crippen molar-refractivity contribution in [1.29, 1.82) is 0 Å². The molecule has 0 spiro atoms. The second-order valence-corrected chi connectivity index (χ2v) is 10.2. The molecule has 0 radical (unpaired) electrons. The SMILES string of the molecule is CSCCC(NS(=O)(=O)c1ccccc1F)C(=O)NCC(C)(C)N1CCOCC1. The molecule has 7 nitrogen and oxygen atoms in total. The van der Waals surface area contributed by atoms with Gasteiger partial charge >= 0.3 is 0 Å². The standard InChI is InChI=1S/C19H30FN3O4S2/c1-19(2,23-9-11-27-12-10-23)14-21-18(24)16(8-13-28-3)22-29(25,26)17-7-5-4-6-15(17)20/h4-7,16,22H,8-14H2,1-3H3,(H,21,24). The summed E-state index contributed by atoms with van der Waals surface area (Å²) in [7, 11) is -4.16. The fourth-order valence-corrected chi connectivity index (χ4v) is 4.88. The highest BCUT2D eigenvalue weighted by molar-refractivity contribution is 7.98. The highest BCUT2D eigenvalue weighted by Gasteiger charge is 2.31. The summed E-state index contributed by atoms with van der Waals surface area (Å²) >= 11 is 1.51. The van der Waals surface area contributed by atoms with E-state index in [0.29, 0.717) is 31.9 Å². The Morgan fingerprint density at radius 1 is 1.31 bits per heavy atom. The van der Waals surface area contributed by atoms with Gasteiger partial charge in [-0.3, -0.25) is 9.69 Å². The molecule has 1 aromatic carbocycles. The molecule has 1 amide bonds. The van der Waals surface area contributed by atoms with Crippen molar-refractivity contribution in [2.75, 3.05) is 44.9 Å². The van der Waals surface area contributed by atoms with Crippen molar-refractivity contribution >= 4 is 27.7 Å². The first-order chi connectivity index (χ1) is 13.7. The van der Waals surface area contributed by atoms with E-state index in [-0.39, 0.29) is 5.54 Å². The van der Waals surface area contributed by atoms with Gasteiger partial charge in [0.1, 0.15) is 16.8 Å². The number of nitrogens with zero attached hydrogens (tertiary/aromatic N) is 1. The van der Waals surface area contributed by atoms with Crippen LogP contribution in [0.25, 0.3) is 0 Å². The number of ether oxygens (including phenoxy) is 1. The van der Waals surface area contributed by atoms with Crippen molar-refractivity contribution in [2.45, 2.75) is 36.7 Å².